The summed E-state index contributed by atoms with van der Waals surface area (Å²) in [6, 6.07) is 16.7. The van der Waals surface area contributed by atoms with Crippen LogP contribution in [0, 0.1) is 6.92 Å². The van der Waals surface area contributed by atoms with E-state index in [9.17, 15) is 9.59 Å². The zero-order chi connectivity index (χ0) is 21.4. The molecule has 2 amide bonds. The number of carbonyl (C=O) groups is 2. The Morgan fingerprint density at radius 3 is 2.33 bits per heavy atom. The van der Waals surface area contributed by atoms with Crippen LogP contribution in [0.2, 0.25) is 5.02 Å². The van der Waals surface area contributed by atoms with E-state index >= 15 is 0 Å². The number of carbonyl (C=O) groups excluding carboxylic acids is 2. The Bertz CT molecular complexity index is 1150. The highest BCUT2D eigenvalue weighted by Gasteiger charge is 2.40. The van der Waals surface area contributed by atoms with Gasteiger partial charge in [0.15, 0.2) is 0 Å². The number of hydrogen-bond donors (Lipinski definition) is 1. The van der Waals surface area contributed by atoms with Gasteiger partial charge in [0, 0.05) is 15.6 Å². The Morgan fingerprint density at radius 1 is 1.00 bits per heavy atom. The van der Waals surface area contributed by atoms with Gasteiger partial charge in [-0.25, -0.2) is 4.90 Å². The zero-order valence-electron chi connectivity index (χ0n) is 16.9. The second-order valence-electron chi connectivity index (χ2n) is 7.50. The standard InChI is InChI=1S/C24H21ClN2O2S/c1-14(2)16-6-9-18(10-7-16)27-23(28)21(20-5-4-12-30-20)22(24(27)29)26-19-11-8-17(25)13-15(19)3/h4-14,26H,1-3H3. The molecule has 0 atom stereocenters. The van der Waals surface area contributed by atoms with Gasteiger partial charge in [-0.05, 0) is 65.7 Å². The highest BCUT2D eigenvalue weighted by molar-refractivity contribution is 7.11. The van der Waals surface area contributed by atoms with Gasteiger partial charge in [0.05, 0.1) is 11.3 Å². The minimum atomic E-state index is -0.366. The third kappa shape index (κ3) is 3.66. The van der Waals surface area contributed by atoms with Gasteiger partial charge in [0.1, 0.15) is 5.70 Å². The van der Waals surface area contributed by atoms with Crippen LogP contribution in [0.4, 0.5) is 11.4 Å². The van der Waals surface area contributed by atoms with Crippen molar-refractivity contribution in [1.82, 2.24) is 0 Å². The Hall–Kier alpha value is -2.89. The summed E-state index contributed by atoms with van der Waals surface area (Å²) in [4.78, 5) is 28.7. The molecule has 0 bridgehead atoms. The molecular formula is C24H21ClN2O2S. The molecule has 0 fully saturated rings. The lowest BCUT2D eigenvalue weighted by molar-refractivity contribution is -0.120. The Labute approximate surface area is 184 Å². The first-order chi connectivity index (χ1) is 14.4. The molecule has 4 rings (SSSR count). The first-order valence-electron chi connectivity index (χ1n) is 9.67. The molecule has 0 unspecified atom stereocenters. The summed E-state index contributed by atoms with van der Waals surface area (Å²) in [6.45, 7) is 6.12. The zero-order valence-corrected chi connectivity index (χ0v) is 18.5. The lowest BCUT2D eigenvalue weighted by Crippen LogP contribution is -2.32. The predicted octanol–water partition coefficient (Wildman–Crippen LogP) is 6.23. The van der Waals surface area contributed by atoms with Crippen molar-refractivity contribution < 1.29 is 9.59 Å². The maximum Gasteiger partial charge on any atom is 0.282 e. The first-order valence-corrected chi connectivity index (χ1v) is 10.9. The molecule has 6 heteroatoms. The number of imide groups is 1. The largest absolute Gasteiger partial charge is 0.350 e. The Balaban J connectivity index is 1.76. The van der Waals surface area contributed by atoms with E-state index in [-0.39, 0.29) is 17.5 Å². The molecule has 3 aromatic rings. The molecular weight excluding hydrogens is 416 g/mol. The first kappa shape index (κ1) is 20.4. The van der Waals surface area contributed by atoms with Crippen LogP contribution in [0.25, 0.3) is 5.57 Å². The van der Waals surface area contributed by atoms with Gasteiger partial charge in [-0.1, -0.05) is 43.6 Å². The van der Waals surface area contributed by atoms with E-state index in [1.807, 2.05) is 60.8 Å². The molecule has 4 nitrogen and oxygen atoms in total. The van der Waals surface area contributed by atoms with E-state index in [0.29, 0.717) is 22.2 Å². The Morgan fingerprint density at radius 2 is 1.73 bits per heavy atom. The fourth-order valence-electron chi connectivity index (χ4n) is 3.44. The molecule has 0 spiro atoms. The minimum absolute atomic E-state index is 0.279. The maximum absolute atomic E-state index is 13.4. The van der Waals surface area contributed by atoms with Crippen molar-refractivity contribution in [3.05, 3.63) is 86.7 Å². The van der Waals surface area contributed by atoms with Crippen LogP contribution in [0.5, 0.6) is 0 Å². The Kier molecular flexibility index (Phi) is 5.50. The number of hydrogen-bond acceptors (Lipinski definition) is 4. The van der Waals surface area contributed by atoms with E-state index < -0.39 is 0 Å². The minimum Gasteiger partial charge on any atom is -0.350 e. The van der Waals surface area contributed by atoms with Crippen LogP contribution in [0.3, 0.4) is 0 Å². The van der Waals surface area contributed by atoms with Crippen LogP contribution in [0.1, 0.15) is 35.8 Å². The van der Waals surface area contributed by atoms with E-state index in [4.69, 9.17) is 11.6 Å². The van der Waals surface area contributed by atoms with Crippen LogP contribution >= 0.6 is 22.9 Å². The number of halogens is 1. The van der Waals surface area contributed by atoms with E-state index in [1.54, 1.807) is 6.07 Å². The van der Waals surface area contributed by atoms with Crippen LogP contribution in [-0.2, 0) is 9.59 Å². The van der Waals surface area contributed by atoms with Crippen molar-refractivity contribution in [3.8, 4) is 0 Å². The topological polar surface area (TPSA) is 49.4 Å². The van der Waals surface area contributed by atoms with Crippen molar-refractivity contribution in [3.63, 3.8) is 0 Å². The molecule has 0 saturated heterocycles. The smallest absolute Gasteiger partial charge is 0.282 e. The number of amides is 2. The number of anilines is 2. The summed E-state index contributed by atoms with van der Waals surface area (Å²) in [7, 11) is 0. The number of nitrogens with one attached hydrogen (secondary N) is 1. The fraction of sp³-hybridized carbons (Fsp3) is 0.167. The quantitative estimate of drug-likeness (QED) is 0.482. The third-order valence-corrected chi connectivity index (χ3v) is 6.24. The molecule has 1 aliphatic heterocycles. The average molecular weight is 437 g/mol. The summed E-state index contributed by atoms with van der Waals surface area (Å²) in [6.07, 6.45) is 0. The number of aryl methyl sites for hydroxylation is 1. The summed E-state index contributed by atoms with van der Waals surface area (Å²) in [5.41, 5.74) is 4.01. The van der Waals surface area contributed by atoms with Crippen LogP contribution in [-0.4, -0.2) is 11.8 Å². The van der Waals surface area contributed by atoms with E-state index in [1.165, 1.54) is 16.2 Å². The van der Waals surface area contributed by atoms with Gasteiger partial charge in [-0.3, -0.25) is 9.59 Å². The van der Waals surface area contributed by atoms with Crippen molar-refractivity contribution in [2.45, 2.75) is 26.7 Å². The number of rotatable bonds is 5. The van der Waals surface area contributed by atoms with Crippen LogP contribution in [0.15, 0.2) is 65.7 Å². The lowest BCUT2D eigenvalue weighted by atomic mass is 10.0. The fourth-order valence-corrected chi connectivity index (χ4v) is 4.43. The van der Waals surface area contributed by atoms with Crippen molar-refractivity contribution in [2.24, 2.45) is 0 Å². The van der Waals surface area contributed by atoms with Gasteiger partial charge < -0.3 is 5.32 Å². The predicted molar refractivity (Wildman–Crippen MR) is 124 cm³/mol. The molecule has 2 aromatic carbocycles. The molecule has 0 radical (unpaired) electrons. The summed E-state index contributed by atoms with van der Waals surface area (Å²) >= 11 is 7.50. The van der Waals surface area contributed by atoms with Gasteiger partial charge in [-0.15, -0.1) is 11.3 Å². The second-order valence-corrected chi connectivity index (χ2v) is 8.89. The molecule has 1 N–H and O–H groups in total. The number of nitrogens with zero attached hydrogens (tertiary/aromatic N) is 1. The van der Waals surface area contributed by atoms with Crippen LogP contribution < -0.4 is 10.2 Å². The maximum atomic E-state index is 13.4. The molecule has 0 saturated carbocycles. The van der Waals surface area contributed by atoms with Gasteiger partial charge in [-0.2, -0.15) is 0 Å². The molecule has 1 aromatic heterocycles. The molecule has 0 aliphatic carbocycles. The van der Waals surface area contributed by atoms with E-state index in [0.717, 1.165) is 21.7 Å². The lowest BCUT2D eigenvalue weighted by Gasteiger charge is -2.17. The SMILES string of the molecule is Cc1cc(Cl)ccc1NC1=C(c2cccs2)C(=O)N(c2ccc(C(C)C)cc2)C1=O. The van der Waals surface area contributed by atoms with Gasteiger partial charge in [0.2, 0.25) is 0 Å². The molecule has 2 heterocycles. The van der Waals surface area contributed by atoms with Crippen molar-refractivity contribution >= 4 is 51.7 Å². The number of thiophene rings is 1. The van der Waals surface area contributed by atoms with Crippen molar-refractivity contribution in [2.75, 3.05) is 10.2 Å². The normalized spacial score (nSPS) is 14.2. The highest BCUT2D eigenvalue weighted by Crippen LogP contribution is 2.36. The highest BCUT2D eigenvalue weighted by atomic mass is 35.5. The second kappa shape index (κ2) is 8.09. The monoisotopic (exact) mass is 436 g/mol. The summed E-state index contributed by atoms with van der Waals surface area (Å²) in [5, 5.41) is 5.71. The summed E-state index contributed by atoms with van der Waals surface area (Å²) < 4.78 is 0. The molecule has 30 heavy (non-hydrogen) atoms. The van der Waals surface area contributed by atoms with Crippen molar-refractivity contribution in [1.29, 1.82) is 0 Å². The van der Waals surface area contributed by atoms with Gasteiger partial charge in [0.25, 0.3) is 11.8 Å². The third-order valence-electron chi connectivity index (χ3n) is 5.12. The summed E-state index contributed by atoms with van der Waals surface area (Å²) in [5.74, 6) is -0.321. The molecule has 1 aliphatic rings. The molecule has 152 valence electrons. The average Bonchev–Trinajstić information content (AvgIpc) is 3.31. The number of benzene rings is 2. The van der Waals surface area contributed by atoms with E-state index in [2.05, 4.69) is 19.2 Å². The van der Waals surface area contributed by atoms with Gasteiger partial charge >= 0.3 is 0 Å².